The number of carbonyl (C=O) groups is 3. The van der Waals surface area contributed by atoms with Gasteiger partial charge in [-0.05, 0) is 80.5 Å². The highest BCUT2D eigenvalue weighted by molar-refractivity contribution is 6.27. The second-order valence-corrected chi connectivity index (χ2v) is 18.9. The number of hydrogen-bond donors (Lipinski definition) is 3. The summed E-state index contributed by atoms with van der Waals surface area (Å²) in [6, 6.07) is 5.94. The largest absolute Gasteiger partial charge is 0.466 e. The van der Waals surface area contributed by atoms with E-state index in [1.54, 1.807) is 6.92 Å². The first-order chi connectivity index (χ1) is 31.9. The topological polar surface area (TPSA) is 156 Å². The van der Waals surface area contributed by atoms with Crippen LogP contribution in [-0.2, 0) is 40.8 Å². The molecule has 0 fully saturated rings. The average molecular weight is 905 g/mol. The normalized spacial score (nSPS) is 17.8. The van der Waals surface area contributed by atoms with Gasteiger partial charge in [0.15, 0.2) is 0 Å². The van der Waals surface area contributed by atoms with E-state index in [9.17, 15) is 19.5 Å². The minimum atomic E-state index is -2.85. The van der Waals surface area contributed by atoms with Gasteiger partial charge in [-0.3, -0.25) is 9.78 Å². The maximum atomic E-state index is 13.8. The number of aliphatic hydroxyl groups is 1. The molecule has 66 heavy (non-hydrogen) atoms. The van der Waals surface area contributed by atoms with Crippen LogP contribution in [0.4, 0.5) is 0 Å². The molecule has 3 aromatic heterocycles. The minimum Gasteiger partial charge on any atom is -0.466 e. The molecule has 6 heterocycles. The molecule has 358 valence electrons. The van der Waals surface area contributed by atoms with E-state index < -0.39 is 23.6 Å². The molecule has 0 aliphatic carbocycles. The van der Waals surface area contributed by atoms with Gasteiger partial charge in [-0.15, -0.1) is 0 Å². The van der Waals surface area contributed by atoms with E-state index in [-0.39, 0.29) is 35.1 Å². The van der Waals surface area contributed by atoms with Crippen LogP contribution in [0.25, 0.3) is 39.3 Å². The zero-order chi connectivity index (χ0) is 47.4. The Labute approximate surface area is 392 Å². The molecule has 6 rings (SSSR count). The molecule has 0 radical (unpaired) electrons. The lowest BCUT2D eigenvalue weighted by molar-refractivity contribution is -0.228. The molecule has 3 N–H and O–H groups in total. The van der Waals surface area contributed by atoms with Gasteiger partial charge in [-0.1, -0.05) is 143 Å². The third-order valence-corrected chi connectivity index (χ3v) is 14.3. The summed E-state index contributed by atoms with van der Waals surface area (Å²) in [5, 5.41) is 12.2. The quantitative estimate of drug-likeness (QED) is 0.0428. The van der Waals surface area contributed by atoms with Crippen molar-refractivity contribution in [1.82, 2.24) is 19.9 Å². The average Bonchev–Trinajstić information content (AvgIpc) is 3.98. The fourth-order valence-corrected chi connectivity index (χ4v) is 10.2. The molecule has 11 heteroatoms. The smallest absolute Gasteiger partial charge is 0.384 e. The molecule has 3 atom stereocenters. The van der Waals surface area contributed by atoms with Crippen molar-refractivity contribution < 1.29 is 33.7 Å². The number of aromatic nitrogens is 4. The summed E-state index contributed by atoms with van der Waals surface area (Å²) in [6.07, 6.45) is 26.2. The van der Waals surface area contributed by atoms with Crippen LogP contribution in [0.15, 0.2) is 24.8 Å². The van der Waals surface area contributed by atoms with Crippen LogP contribution in [0, 0.1) is 13.8 Å². The van der Waals surface area contributed by atoms with Crippen LogP contribution in [0.2, 0.25) is 0 Å². The lowest BCUT2D eigenvalue weighted by atomic mass is 9.82. The lowest BCUT2D eigenvalue weighted by Crippen LogP contribution is -2.46. The maximum absolute atomic E-state index is 13.8. The Morgan fingerprint density at radius 3 is 1.95 bits per heavy atom. The first-order valence-corrected chi connectivity index (χ1v) is 25.2. The number of cyclic esters (lactones) is 1. The molecule has 0 spiro atoms. The van der Waals surface area contributed by atoms with Gasteiger partial charge >= 0.3 is 23.7 Å². The molecule has 0 amide bonds. The van der Waals surface area contributed by atoms with E-state index in [0.29, 0.717) is 35.7 Å². The summed E-state index contributed by atoms with van der Waals surface area (Å²) in [5.41, 5.74) is 9.65. The van der Waals surface area contributed by atoms with Gasteiger partial charge in [-0.25, -0.2) is 14.6 Å². The number of unbranched alkanes of at least 4 members (excludes halogenated alkanes) is 17. The first-order valence-electron chi connectivity index (χ1n) is 25.2. The van der Waals surface area contributed by atoms with E-state index in [2.05, 4.69) is 43.4 Å². The van der Waals surface area contributed by atoms with Gasteiger partial charge in [0.2, 0.25) is 0 Å². The van der Waals surface area contributed by atoms with E-state index >= 15 is 0 Å². The van der Waals surface area contributed by atoms with Crippen LogP contribution in [0.1, 0.15) is 219 Å². The van der Waals surface area contributed by atoms with Gasteiger partial charge in [0.05, 0.1) is 41.9 Å². The number of aromatic amines is 2. The van der Waals surface area contributed by atoms with E-state index in [1.165, 1.54) is 96.3 Å². The van der Waals surface area contributed by atoms with Crippen molar-refractivity contribution in [2.75, 3.05) is 13.7 Å². The number of nitrogens with one attached hydrogen (secondary N) is 2. The highest BCUT2D eigenvalue weighted by atomic mass is 16.7. The van der Waals surface area contributed by atoms with E-state index in [0.717, 1.165) is 77.1 Å². The van der Waals surface area contributed by atoms with Crippen molar-refractivity contribution in [1.29, 1.82) is 0 Å². The van der Waals surface area contributed by atoms with Gasteiger partial charge in [0.1, 0.15) is 0 Å². The van der Waals surface area contributed by atoms with Crippen LogP contribution in [0.3, 0.4) is 0 Å². The number of H-pyrrole nitrogens is 2. The molecule has 3 unspecified atom stereocenters. The molecule has 0 saturated heterocycles. The van der Waals surface area contributed by atoms with Gasteiger partial charge in [-0.2, -0.15) is 0 Å². The molecule has 11 nitrogen and oxygen atoms in total. The number of hydrogen-bond acceptors (Lipinski definition) is 9. The number of methoxy groups -OCH3 is 1. The van der Waals surface area contributed by atoms with E-state index in [4.69, 9.17) is 24.2 Å². The van der Waals surface area contributed by atoms with Gasteiger partial charge in [0, 0.05) is 51.6 Å². The van der Waals surface area contributed by atoms with Crippen LogP contribution in [-0.4, -0.2) is 56.7 Å². The predicted octanol–water partition coefficient (Wildman–Crippen LogP) is 13.2. The summed E-state index contributed by atoms with van der Waals surface area (Å²) in [5.74, 6) is -6.04. The maximum Gasteiger partial charge on any atom is 0.384 e. The monoisotopic (exact) mass is 905 g/mol. The Hall–Kier alpha value is -5.03. The van der Waals surface area contributed by atoms with Crippen molar-refractivity contribution in [3.05, 3.63) is 75.4 Å². The summed E-state index contributed by atoms with van der Waals surface area (Å²) in [4.78, 5) is 58.1. The molecular weight excluding hydrogens is 829 g/mol. The Morgan fingerprint density at radius 2 is 1.38 bits per heavy atom. The zero-order valence-corrected chi connectivity index (χ0v) is 41.0. The van der Waals surface area contributed by atoms with Crippen LogP contribution in [0.5, 0.6) is 0 Å². The summed E-state index contributed by atoms with van der Waals surface area (Å²) < 4.78 is 16.5. The number of rotatable bonds is 25. The van der Waals surface area contributed by atoms with Crippen molar-refractivity contribution in [3.8, 4) is 0 Å². The minimum absolute atomic E-state index is 0.0608. The number of ether oxygens (including phenoxy) is 3. The molecule has 0 aromatic carbocycles. The second-order valence-electron chi connectivity index (χ2n) is 18.9. The van der Waals surface area contributed by atoms with Gasteiger partial charge in [0.25, 0.3) is 0 Å². The summed E-state index contributed by atoms with van der Waals surface area (Å²) >= 11 is 0. The van der Waals surface area contributed by atoms with E-state index in [1.807, 2.05) is 32.1 Å². The number of carbonyl (C=O) groups excluding carboxylic acids is 3. The Balaban J connectivity index is 1.17. The SMILES string of the molecule is C=Cc1c(C)c2cc3nc(c4c5nc(cc6[nH]c(cc1[nH]2)c(C)c6CC)C(C)=C5C(=O)OC4(O)C(=O)OC)C(CCC(=O)OCCCCCCCCCCCCCCCCCCCC)C3C. The molecule has 8 bridgehead atoms. The van der Waals surface area contributed by atoms with Crippen molar-refractivity contribution in [2.24, 2.45) is 0 Å². The van der Waals surface area contributed by atoms with Gasteiger partial charge < -0.3 is 29.3 Å². The summed E-state index contributed by atoms with van der Waals surface area (Å²) in [7, 11) is 1.12. The Kier molecular flexibility index (Phi) is 18.0. The number of allylic oxidation sites excluding steroid dienone is 1. The van der Waals surface area contributed by atoms with Crippen LogP contribution < -0.4 is 0 Å². The predicted molar refractivity (Wildman–Crippen MR) is 265 cm³/mol. The standard InChI is InChI=1S/C55H76N4O7/c1-9-12-13-14-15-16-17-18-19-20-21-22-23-24-25-26-27-28-31-65-48(60)30-29-41-37(6)44-32-42-35(4)39(10-2)46(56-42)33-43-36(5)40(11-3)47(57-43)34-45-38(7)49-52(59-45)50(51(41)58-44)55(63,54(62)64-8)66-53(49)61/h10,32-34,37,41,56-57,63H,2,9,11-31H2,1,3-8H3. The first kappa shape index (κ1) is 50.4. The summed E-state index contributed by atoms with van der Waals surface area (Å²) in [6.45, 7) is 16.7. The third kappa shape index (κ3) is 11.4. The Bertz CT molecular complexity index is 2420. The molecule has 0 saturated carbocycles. The number of fused-ring (bicyclic) bond motifs is 8. The highest BCUT2D eigenvalue weighted by Crippen LogP contribution is 2.49. The van der Waals surface area contributed by atoms with Crippen LogP contribution >= 0.6 is 0 Å². The fourth-order valence-electron chi connectivity index (χ4n) is 10.2. The highest BCUT2D eigenvalue weighted by Gasteiger charge is 2.55. The third-order valence-electron chi connectivity index (χ3n) is 14.3. The van der Waals surface area contributed by atoms with Crippen molar-refractivity contribution >= 4 is 57.2 Å². The van der Waals surface area contributed by atoms with Crippen molar-refractivity contribution in [2.45, 2.75) is 194 Å². The number of nitrogens with zero attached hydrogens (tertiary/aromatic N) is 2. The molecule has 3 aromatic rings. The molecule has 3 aliphatic rings. The Morgan fingerprint density at radius 1 is 0.803 bits per heavy atom. The zero-order valence-electron chi connectivity index (χ0n) is 41.0. The molecular formula is C55H76N4O7. The fraction of sp³-hybridized carbons (Fsp3) is 0.582. The molecule has 3 aliphatic heterocycles. The second kappa shape index (κ2) is 23.6. The lowest BCUT2D eigenvalue weighted by Gasteiger charge is -2.32. The number of esters is 3. The number of aryl methyl sites for hydroxylation is 3. The van der Waals surface area contributed by atoms with Crippen molar-refractivity contribution in [3.63, 3.8) is 0 Å².